The molecule has 3 aromatic carbocycles. The highest BCUT2D eigenvalue weighted by Crippen LogP contribution is 2.43. The SMILES string of the molecule is CCOc1nnc2c(n1)OC(c1c(OCC)ccc3ccccc13)Nc1ccccc1-2. The number of fused-ring (bicyclic) bond motifs is 4. The average molecular weight is 414 g/mol. The van der Waals surface area contributed by atoms with Gasteiger partial charge in [0.15, 0.2) is 5.69 Å². The van der Waals surface area contributed by atoms with Crippen LogP contribution in [0.1, 0.15) is 25.6 Å². The van der Waals surface area contributed by atoms with Gasteiger partial charge in [0.2, 0.25) is 12.1 Å². The lowest BCUT2D eigenvalue weighted by Crippen LogP contribution is -2.19. The van der Waals surface area contributed by atoms with E-state index in [0.29, 0.717) is 24.8 Å². The van der Waals surface area contributed by atoms with Crippen molar-refractivity contribution in [3.63, 3.8) is 0 Å². The van der Waals surface area contributed by atoms with Crippen molar-refractivity contribution in [2.24, 2.45) is 0 Å². The van der Waals surface area contributed by atoms with Crippen LogP contribution in [0.2, 0.25) is 0 Å². The summed E-state index contributed by atoms with van der Waals surface area (Å²) in [5.74, 6) is 1.11. The van der Waals surface area contributed by atoms with E-state index in [-0.39, 0.29) is 6.01 Å². The molecule has 0 spiro atoms. The van der Waals surface area contributed by atoms with Gasteiger partial charge in [-0.2, -0.15) is 4.98 Å². The minimum Gasteiger partial charge on any atom is -0.493 e. The van der Waals surface area contributed by atoms with E-state index in [0.717, 1.165) is 33.3 Å². The van der Waals surface area contributed by atoms with E-state index < -0.39 is 6.23 Å². The van der Waals surface area contributed by atoms with Crippen molar-refractivity contribution >= 4 is 16.5 Å². The van der Waals surface area contributed by atoms with Gasteiger partial charge in [0.25, 0.3) is 0 Å². The van der Waals surface area contributed by atoms with Gasteiger partial charge < -0.3 is 19.5 Å². The molecular weight excluding hydrogens is 392 g/mol. The molecule has 7 heteroatoms. The summed E-state index contributed by atoms with van der Waals surface area (Å²) in [5.41, 5.74) is 3.20. The van der Waals surface area contributed by atoms with Crippen LogP contribution in [0.4, 0.5) is 5.69 Å². The normalized spacial score (nSPS) is 14.6. The number of nitrogens with zero attached hydrogens (tertiary/aromatic N) is 3. The lowest BCUT2D eigenvalue weighted by Gasteiger charge is -2.23. The van der Waals surface area contributed by atoms with Gasteiger partial charge in [-0.15, -0.1) is 5.10 Å². The summed E-state index contributed by atoms with van der Waals surface area (Å²) in [6.07, 6.45) is -0.554. The predicted molar refractivity (Wildman–Crippen MR) is 119 cm³/mol. The molecule has 5 rings (SSSR count). The highest BCUT2D eigenvalue weighted by molar-refractivity contribution is 5.89. The topological polar surface area (TPSA) is 78.4 Å². The Balaban J connectivity index is 1.71. The number of hydrogen-bond acceptors (Lipinski definition) is 7. The lowest BCUT2D eigenvalue weighted by molar-refractivity contribution is 0.214. The number of aromatic nitrogens is 3. The van der Waals surface area contributed by atoms with Crippen molar-refractivity contribution in [3.8, 4) is 28.9 Å². The summed E-state index contributed by atoms with van der Waals surface area (Å²) in [6.45, 7) is 4.83. The number of para-hydroxylation sites is 1. The number of ether oxygens (including phenoxy) is 3. The smallest absolute Gasteiger partial charge is 0.339 e. The van der Waals surface area contributed by atoms with Crippen molar-refractivity contribution in [3.05, 3.63) is 66.2 Å². The molecule has 4 aromatic rings. The first-order valence-electron chi connectivity index (χ1n) is 10.3. The molecule has 7 nitrogen and oxygen atoms in total. The fourth-order valence-corrected chi connectivity index (χ4v) is 3.80. The molecule has 0 bridgehead atoms. The van der Waals surface area contributed by atoms with Gasteiger partial charge in [-0.1, -0.05) is 53.6 Å². The third-order valence-corrected chi connectivity index (χ3v) is 5.10. The average Bonchev–Trinajstić information content (AvgIpc) is 2.95. The highest BCUT2D eigenvalue weighted by Gasteiger charge is 2.29. The van der Waals surface area contributed by atoms with Crippen molar-refractivity contribution in [1.29, 1.82) is 0 Å². The Morgan fingerprint density at radius 1 is 0.903 bits per heavy atom. The molecule has 1 aliphatic heterocycles. The molecule has 156 valence electrons. The number of benzene rings is 3. The Bertz CT molecular complexity index is 1240. The molecule has 0 aliphatic carbocycles. The van der Waals surface area contributed by atoms with Crippen LogP contribution < -0.4 is 19.5 Å². The molecule has 0 radical (unpaired) electrons. The second kappa shape index (κ2) is 8.10. The van der Waals surface area contributed by atoms with Crippen LogP contribution in [0.15, 0.2) is 60.7 Å². The summed E-state index contributed by atoms with van der Waals surface area (Å²) in [4.78, 5) is 4.49. The largest absolute Gasteiger partial charge is 0.493 e. The quantitative estimate of drug-likeness (QED) is 0.493. The Morgan fingerprint density at radius 2 is 1.71 bits per heavy atom. The molecule has 0 fully saturated rings. The first-order valence-corrected chi connectivity index (χ1v) is 10.3. The van der Waals surface area contributed by atoms with Crippen LogP contribution in [0.5, 0.6) is 17.6 Å². The molecule has 1 aromatic heterocycles. The Kier molecular flexibility index (Phi) is 5.00. The highest BCUT2D eigenvalue weighted by atomic mass is 16.5. The van der Waals surface area contributed by atoms with Gasteiger partial charge in [-0.05, 0) is 36.8 Å². The van der Waals surface area contributed by atoms with E-state index in [2.05, 4.69) is 38.7 Å². The molecule has 1 N–H and O–H groups in total. The third-order valence-electron chi connectivity index (χ3n) is 5.10. The Labute approximate surface area is 180 Å². The van der Waals surface area contributed by atoms with Gasteiger partial charge in [0.1, 0.15) is 5.75 Å². The maximum absolute atomic E-state index is 6.42. The number of nitrogens with one attached hydrogen (secondary N) is 1. The van der Waals surface area contributed by atoms with Crippen molar-refractivity contribution in [2.45, 2.75) is 20.1 Å². The minimum absolute atomic E-state index is 0.183. The maximum atomic E-state index is 6.42. The van der Waals surface area contributed by atoms with Gasteiger partial charge in [0, 0.05) is 11.3 Å². The van der Waals surface area contributed by atoms with E-state index in [9.17, 15) is 0 Å². The predicted octanol–water partition coefficient (Wildman–Crippen LogP) is 4.99. The molecule has 31 heavy (non-hydrogen) atoms. The second-order valence-corrected chi connectivity index (χ2v) is 7.00. The van der Waals surface area contributed by atoms with Gasteiger partial charge in [-0.3, -0.25) is 0 Å². The zero-order valence-electron chi connectivity index (χ0n) is 17.3. The van der Waals surface area contributed by atoms with Gasteiger partial charge >= 0.3 is 6.01 Å². The molecule has 0 amide bonds. The zero-order valence-corrected chi connectivity index (χ0v) is 17.3. The van der Waals surface area contributed by atoms with Gasteiger partial charge in [0.05, 0.1) is 18.8 Å². The van der Waals surface area contributed by atoms with E-state index >= 15 is 0 Å². The number of hydrogen-bond donors (Lipinski definition) is 1. The van der Waals surface area contributed by atoms with Crippen LogP contribution in [0, 0.1) is 0 Å². The van der Waals surface area contributed by atoms with Crippen LogP contribution in [-0.2, 0) is 0 Å². The number of rotatable bonds is 5. The summed E-state index contributed by atoms with van der Waals surface area (Å²) in [7, 11) is 0. The maximum Gasteiger partial charge on any atom is 0.339 e. The summed E-state index contributed by atoms with van der Waals surface area (Å²) in [5, 5.41) is 14.1. The first-order chi connectivity index (χ1) is 15.3. The summed E-state index contributed by atoms with van der Waals surface area (Å²) in [6, 6.07) is 20.3. The van der Waals surface area contributed by atoms with Crippen molar-refractivity contribution < 1.29 is 14.2 Å². The number of anilines is 1. The van der Waals surface area contributed by atoms with E-state index in [1.165, 1.54) is 0 Å². The van der Waals surface area contributed by atoms with Crippen LogP contribution in [-0.4, -0.2) is 28.4 Å². The molecular formula is C24H22N4O3. The van der Waals surface area contributed by atoms with Crippen molar-refractivity contribution in [2.75, 3.05) is 18.5 Å². The Morgan fingerprint density at radius 3 is 2.58 bits per heavy atom. The second-order valence-electron chi connectivity index (χ2n) is 7.00. The lowest BCUT2D eigenvalue weighted by atomic mass is 10.0. The van der Waals surface area contributed by atoms with Crippen molar-refractivity contribution in [1.82, 2.24) is 15.2 Å². The van der Waals surface area contributed by atoms with Crippen LogP contribution in [0.25, 0.3) is 22.0 Å². The first kappa shape index (κ1) is 19.1. The third kappa shape index (κ3) is 3.48. The molecule has 1 unspecified atom stereocenters. The fourth-order valence-electron chi connectivity index (χ4n) is 3.80. The molecule has 0 saturated carbocycles. The van der Waals surface area contributed by atoms with E-state index in [1.54, 1.807) is 0 Å². The molecule has 1 atom stereocenters. The standard InChI is InChI=1S/C24H22N4O3/c1-3-29-19-14-13-15-9-5-6-10-16(15)20(19)22-25-18-12-8-7-11-17(18)21-23(31-22)26-24(28-27-21)30-4-2/h5-14,22,25H,3-4H2,1-2H3. The Hall–Kier alpha value is -3.87. The minimum atomic E-state index is -0.554. The molecule has 2 heterocycles. The van der Waals surface area contributed by atoms with E-state index in [4.69, 9.17) is 14.2 Å². The monoisotopic (exact) mass is 414 g/mol. The van der Waals surface area contributed by atoms with Gasteiger partial charge in [-0.25, -0.2) is 0 Å². The van der Waals surface area contributed by atoms with Crippen LogP contribution >= 0.6 is 0 Å². The summed E-state index contributed by atoms with van der Waals surface area (Å²) >= 11 is 0. The van der Waals surface area contributed by atoms with E-state index in [1.807, 2.05) is 56.3 Å². The zero-order chi connectivity index (χ0) is 21.2. The molecule has 1 aliphatic rings. The fraction of sp³-hybridized carbons (Fsp3) is 0.208. The van der Waals surface area contributed by atoms with Crippen LogP contribution in [0.3, 0.4) is 0 Å². The molecule has 0 saturated heterocycles. The summed E-state index contributed by atoms with van der Waals surface area (Å²) < 4.78 is 17.9.